The van der Waals surface area contributed by atoms with Gasteiger partial charge in [0.25, 0.3) is 11.6 Å². The summed E-state index contributed by atoms with van der Waals surface area (Å²) in [5.41, 5.74) is 10.2. The molecule has 0 radical (unpaired) electrons. The molecule has 5 amide bonds. The molecule has 1 aliphatic heterocycles. The minimum Gasteiger partial charge on any atom is -0.481 e. The maximum absolute atomic E-state index is 13.2. The van der Waals surface area contributed by atoms with Gasteiger partial charge in [-0.3, -0.25) is 38.9 Å². The van der Waals surface area contributed by atoms with Gasteiger partial charge in [0.2, 0.25) is 23.6 Å². The maximum atomic E-state index is 13.2. The van der Waals surface area contributed by atoms with Crippen LogP contribution in [-0.4, -0.2) is 70.2 Å². The number of carboxylic acids is 1. The van der Waals surface area contributed by atoms with E-state index in [1.54, 1.807) is 22.6 Å². The van der Waals surface area contributed by atoms with E-state index < -0.39 is 83.5 Å². The summed E-state index contributed by atoms with van der Waals surface area (Å²) in [5.74, 6) is -6.04. The number of amides is 5. The van der Waals surface area contributed by atoms with Crippen molar-refractivity contribution in [2.45, 2.75) is 50.2 Å². The predicted octanol–water partition coefficient (Wildman–Crippen LogP) is -1.30. The number of non-ortho nitro benzene ring substituents is 1. The SMILES string of the molecule is NC(=O)C[C@H]1NC(=O)[C@H](CCC(=O)O)NC(=O)c2cc([N+](=O)[O-])cc(I)c2NCCC[C@@H](C(N)=O)NC1=O. The number of carboxylic acid groups (broad SMARTS) is 1. The number of nitrogens with one attached hydrogen (secondary N) is 4. The van der Waals surface area contributed by atoms with E-state index in [0.29, 0.717) is 3.57 Å². The van der Waals surface area contributed by atoms with Crippen LogP contribution in [-0.2, 0) is 24.0 Å². The number of nitrogens with two attached hydrogens (primary N) is 2. The number of nitro groups is 1. The van der Waals surface area contributed by atoms with Gasteiger partial charge in [-0.05, 0) is 41.9 Å². The van der Waals surface area contributed by atoms with Crippen molar-refractivity contribution < 1.29 is 38.8 Å². The molecule has 2 rings (SSSR count). The van der Waals surface area contributed by atoms with Gasteiger partial charge >= 0.3 is 5.97 Å². The number of nitro benzene ring substituents is 1. The molecule has 0 aliphatic carbocycles. The summed E-state index contributed by atoms with van der Waals surface area (Å²) in [4.78, 5) is 84.4. The number of hydrogen-bond acceptors (Lipinski definition) is 9. The largest absolute Gasteiger partial charge is 0.481 e. The van der Waals surface area contributed by atoms with Crippen LogP contribution < -0.4 is 32.7 Å². The van der Waals surface area contributed by atoms with E-state index in [-0.39, 0.29) is 30.6 Å². The number of fused-ring (bicyclic) bond motifs is 1. The minimum absolute atomic E-state index is 0.0393. The van der Waals surface area contributed by atoms with Crippen LogP contribution in [0, 0.1) is 13.7 Å². The summed E-state index contributed by atoms with van der Waals surface area (Å²) in [7, 11) is 0. The number of hydrogen-bond donors (Lipinski definition) is 7. The van der Waals surface area contributed by atoms with Gasteiger partial charge in [-0.15, -0.1) is 0 Å². The molecule has 1 aliphatic rings. The van der Waals surface area contributed by atoms with Crippen molar-refractivity contribution in [3.8, 4) is 0 Å². The van der Waals surface area contributed by atoms with Gasteiger partial charge in [0.15, 0.2) is 0 Å². The molecule has 0 bridgehead atoms. The van der Waals surface area contributed by atoms with Crippen molar-refractivity contribution in [3.05, 3.63) is 31.4 Å². The Hall–Kier alpha value is -4.03. The van der Waals surface area contributed by atoms with Crippen LogP contribution in [0.2, 0.25) is 0 Å². The second-order valence-corrected chi connectivity index (χ2v) is 9.49. The zero-order chi connectivity index (χ0) is 28.6. The third-order valence-electron chi connectivity index (χ3n) is 5.47. The Bertz CT molecular complexity index is 1160. The highest BCUT2D eigenvalue weighted by Crippen LogP contribution is 2.29. The summed E-state index contributed by atoms with van der Waals surface area (Å²) >= 11 is 1.79. The van der Waals surface area contributed by atoms with Crippen molar-refractivity contribution in [1.82, 2.24) is 16.0 Å². The van der Waals surface area contributed by atoms with Crippen LogP contribution >= 0.6 is 22.6 Å². The Balaban J connectivity index is 2.56. The van der Waals surface area contributed by atoms with Crippen molar-refractivity contribution in [2.75, 3.05) is 11.9 Å². The van der Waals surface area contributed by atoms with E-state index >= 15 is 0 Å². The molecule has 0 aromatic heterocycles. The van der Waals surface area contributed by atoms with E-state index in [1.807, 2.05) is 0 Å². The monoisotopic (exact) mass is 647 g/mol. The zero-order valence-electron chi connectivity index (χ0n) is 19.8. The molecule has 0 spiro atoms. The average molecular weight is 647 g/mol. The molecule has 0 fully saturated rings. The van der Waals surface area contributed by atoms with Crippen LogP contribution in [0.1, 0.15) is 42.5 Å². The molecular weight excluding hydrogens is 621 g/mol. The standard InChI is InChI=1S/C21H26IN7O9/c22-11-7-9(29(37)38)6-10-17(11)25-5-1-2-12(18(24)33)26-21(36)14(8-15(23)30)28-20(35)13(27-19(10)34)3-4-16(31)32/h6-7,12-14,25H,1-5,8H2,(H2,23,30)(H2,24,33)(H,26,36)(H,27,34)(H,28,35)(H,31,32)/t12-,13-,14+/m0/s1. The third-order valence-corrected chi connectivity index (χ3v) is 6.32. The van der Waals surface area contributed by atoms with Gasteiger partial charge in [0, 0.05) is 28.7 Å². The first kappa shape index (κ1) is 30.2. The summed E-state index contributed by atoms with van der Waals surface area (Å²) in [6.45, 7) is 0.151. The number of rotatable bonds is 7. The maximum Gasteiger partial charge on any atom is 0.303 e. The van der Waals surface area contributed by atoms with Gasteiger partial charge in [0.1, 0.15) is 18.1 Å². The molecular formula is C21H26IN7O9. The second-order valence-electron chi connectivity index (χ2n) is 8.33. The number of halogens is 1. The fourth-order valence-electron chi connectivity index (χ4n) is 3.59. The number of carbonyl (C=O) groups is 6. The van der Waals surface area contributed by atoms with Crippen LogP contribution in [0.5, 0.6) is 0 Å². The molecule has 0 saturated heterocycles. The third kappa shape index (κ3) is 8.53. The fraction of sp³-hybridized carbons (Fsp3) is 0.429. The highest BCUT2D eigenvalue weighted by atomic mass is 127. The Morgan fingerprint density at radius 3 is 2.32 bits per heavy atom. The van der Waals surface area contributed by atoms with Crippen LogP contribution in [0.25, 0.3) is 0 Å². The van der Waals surface area contributed by atoms with E-state index in [1.165, 1.54) is 6.07 Å². The number of primary amides is 2. The highest BCUT2D eigenvalue weighted by Gasteiger charge is 2.32. The Kier molecular flexibility index (Phi) is 10.7. The van der Waals surface area contributed by atoms with Gasteiger partial charge in [-0.25, -0.2) is 0 Å². The molecule has 17 heteroatoms. The van der Waals surface area contributed by atoms with Gasteiger partial charge in [-0.2, -0.15) is 0 Å². The van der Waals surface area contributed by atoms with Gasteiger partial charge in [-0.1, -0.05) is 0 Å². The number of carbonyl (C=O) groups excluding carboxylic acids is 5. The summed E-state index contributed by atoms with van der Waals surface area (Å²) < 4.78 is 0.305. The number of nitrogens with zero attached hydrogens (tertiary/aromatic N) is 1. The lowest BCUT2D eigenvalue weighted by molar-refractivity contribution is -0.385. The fourth-order valence-corrected chi connectivity index (χ4v) is 4.39. The lowest BCUT2D eigenvalue weighted by Gasteiger charge is -2.24. The second kappa shape index (κ2) is 13.5. The number of benzene rings is 1. The van der Waals surface area contributed by atoms with E-state index in [0.717, 1.165) is 6.07 Å². The van der Waals surface area contributed by atoms with Gasteiger partial charge in [0.05, 0.1) is 22.6 Å². The Morgan fingerprint density at radius 1 is 1.08 bits per heavy atom. The smallest absolute Gasteiger partial charge is 0.303 e. The molecule has 3 atom stereocenters. The van der Waals surface area contributed by atoms with Crippen LogP contribution in [0.4, 0.5) is 11.4 Å². The summed E-state index contributed by atoms with van der Waals surface area (Å²) in [6, 6.07) is -2.05. The van der Waals surface area contributed by atoms with E-state index in [9.17, 15) is 38.9 Å². The van der Waals surface area contributed by atoms with E-state index in [2.05, 4.69) is 21.3 Å². The number of aliphatic carboxylic acids is 1. The van der Waals surface area contributed by atoms with Gasteiger partial charge < -0.3 is 37.8 Å². The van der Waals surface area contributed by atoms with E-state index in [4.69, 9.17) is 16.6 Å². The molecule has 9 N–H and O–H groups in total. The molecule has 0 unspecified atom stereocenters. The van der Waals surface area contributed by atoms with Crippen LogP contribution in [0.3, 0.4) is 0 Å². The molecule has 1 aromatic rings. The first-order chi connectivity index (χ1) is 17.8. The summed E-state index contributed by atoms with van der Waals surface area (Å²) in [6.07, 6.45) is -1.37. The lowest BCUT2D eigenvalue weighted by atomic mass is 10.1. The topological polar surface area (TPSA) is 266 Å². The van der Waals surface area contributed by atoms with Crippen LogP contribution in [0.15, 0.2) is 12.1 Å². The molecule has 0 saturated carbocycles. The minimum atomic E-state index is -1.57. The van der Waals surface area contributed by atoms with Crippen molar-refractivity contribution in [1.29, 1.82) is 0 Å². The molecule has 206 valence electrons. The lowest BCUT2D eigenvalue weighted by Crippen LogP contribution is -2.57. The number of anilines is 1. The molecule has 1 heterocycles. The summed E-state index contributed by atoms with van der Waals surface area (Å²) in [5, 5.41) is 30.4. The van der Waals surface area contributed by atoms with Crippen molar-refractivity contribution in [3.63, 3.8) is 0 Å². The molecule has 1 aromatic carbocycles. The quantitative estimate of drug-likeness (QED) is 0.104. The van der Waals surface area contributed by atoms with Crippen molar-refractivity contribution >= 4 is 69.5 Å². The normalized spacial score (nSPS) is 20.8. The Labute approximate surface area is 228 Å². The first-order valence-corrected chi connectivity index (χ1v) is 12.3. The average Bonchev–Trinajstić information content (AvgIpc) is 2.82. The molecule has 38 heavy (non-hydrogen) atoms. The molecule has 16 nitrogen and oxygen atoms in total. The first-order valence-electron chi connectivity index (χ1n) is 11.2. The predicted molar refractivity (Wildman–Crippen MR) is 139 cm³/mol. The highest BCUT2D eigenvalue weighted by molar-refractivity contribution is 14.1. The zero-order valence-corrected chi connectivity index (χ0v) is 22.0. The Morgan fingerprint density at radius 2 is 1.74 bits per heavy atom. The van der Waals surface area contributed by atoms with Crippen molar-refractivity contribution in [2.24, 2.45) is 11.5 Å².